The standard InChI is InChI=1S/C13H17NO/c1-3-14(4-2)13(15)12-9-10-7-5-6-8-11(10)12/h5-8,12H,3-4,9H2,1-2H3. The average molecular weight is 203 g/mol. The summed E-state index contributed by atoms with van der Waals surface area (Å²) in [4.78, 5) is 14.0. The lowest BCUT2D eigenvalue weighted by atomic mass is 9.77. The van der Waals surface area contributed by atoms with E-state index in [0.717, 1.165) is 19.5 Å². The predicted octanol–water partition coefficient (Wildman–Crippen LogP) is 2.19. The molecule has 1 aromatic rings. The van der Waals surface area contributed by atoms with E-state index in [9.17, 15) is 4.79 Å². The number of carbonyl (C=O) groups excluding carboxylic acids is 1. The first-order chi connectivity index (χ1) is 7.27. The Kier molecular flexibility index (Phi) is 2.76. The van der Waals surface area contributed by atoms with Crippen molar-refractivity contribution in [2.45, 2.75) is 26.2 Å². The molecule has 1 amide bonds. The zero-order valence-corrected chi connectivity index (χ0v) is 9.36. The van der Waals surface area contributed by atoms with Gasteiger partial charge in [-0.25, -0.2) is 0 Å². The second-order valence-electron chi connectivity index (χ2n) is 3.97. The van der Waals surface area contributed by atoms with Crippen LogP contribution in [0, 0.1) is 0 Å². The lowest BCUT2D eigenvalue weighted by Crippen LogP contribution is -2.39. The van der Waals surface area contributed by atoms with Crippen LogP contribution in [0.25, 0.3) is 0 Å². The van der Waals surface area contributed by atoms with Crippen LogP contribution in [0.5, 0.6) is 0 Å². The van der Waals surface area contributed by atoms with Gasteiger partial charge in [0.05, 0.1) is 5.92 Å². The molecule has 1 atom stereocenters. The van der Waals surface area contributed by atoms with Gasteiger partial charge in [0.1, 0.15) is 0 Å². The number of nitrogens with zero attached hydrogens (tertiary/aromatic N) is 1. The summed E-state index contributed by atoms with van der Waals surface area (Å²) in [5, 5.41) is 0. The number of rotatable bonds is 3. The summed E-state index contributed by atoms with van der Waals surface area (Å²) < 4.78 is 0. The minimum absolute atomic E-state index is 0.126. The van der Waals surface area contributed by atoms with Crippen molar-refractivity contribution in [2.75, 3.05) is 13.1 Å². The van der Waals surface area contributed by atoms with E-state index >= 15 is 0 Å². The van der Waals surface area contributed by atoms with Crippen molar-refractivity contribution in [3.63, 3.8) is 0 Å². The quantitative estimate of drug-likeness (QED) is 0.737. The molecule has 80 valence electrons. The van der Waals surface area contributed by atoms with Crippen LogP contribution in [-0.2, 0) is 11.2 Å². The maximum Gasteiger partial charge on any atom is 0.230 e. The third-order valence-corrected chi connectivity index (χ3v) is 3.23. The molecule has 0 saturated heterocycles. The van der Waals surface area contributed by atoms with E-state index in [4.69, 9.17) is 0 Å². The topological polar surface area (TPSA) is 20.3 Å². The first kappa shape index (κ1) is 10.2. The van der Waals surface area contributed by atoms with Crippen LogP contribution in [0.4, 0.5) is 0 Å². The molecule has 1 aromatic carbocycles. The largest absolute Gasteiger partial charge is 0.343 e. The molecule has 2 nitrogen and oxygen atoms in total. The average Bonchev–Trinajstić information content (AvgIpc) is 2.22. The van der Waals surface area contributed by atoms with Crippen LogP contribution in [0.15, 0.2) is 24.3 Å². The van der Waals surface area contributed by atoms with Crippen LogP contribution in [-0.4, -0.2) is 23.9 Å². The highest BCUT2D eigenvalue weighted by molar-refractivity contribution is 5.86. The van der Waals surface area contributed by atoms with Gasteiger partial charge >= 0.3 is 0 Å². The Morgan fingerprint density at radius 1 is 1.33 bits per heavy atom. The lowest BCUT2D eigenvalue weighted by molar-refractivity contribution is -0.133. The number of fused-ring (bicyclic) bond motifs is 1. The zero-order chi connectivity index (χ0) is 10.8. The molecule has 2 heteroatoms. The third-order valence-electron chi connectivity index (χ3n) is 3.23. The number of likely N-dealkylation sites (N-methyl/N-ethyl adjacent to an activating group) is 1. The molecule has 0 aliphatic heterocycles. The van der Waals surface area contributed by atoms with Crippen molar-refractivity contribution in [3.05, 3.63) is 35.4 Å². The van der Waals surface area contributed by atoms with Crippen molar-refractivity contribution in [2.24, 2.45) is 0 Å². The second-order valence-corrected chi connectivity index (χ2v) is 3.97. The number of amides is 1. The molecular formula is C13H17NO. The van der Waals surface area contributed by atoms with E-state index in [-0.39, 0.29) is 5.92 Å². The molecule has 0 N–H and O–H groups in total. The molecule has 1 unspecified atom stereocenters. The van der Waals surface area contributed by atoms with Crippen LogP contribution >= 0.6 is 0 Å². The predicted molar refractivity (Wildman–Crippen MR) is 60.8 cm³/mol. The van der Waals surface area contributed by atoms with Crippen molar-refractivity contribution in [3.8, 4) is 0 Å². The van der Waals surface area contributed by atoms with Gasteiger partial charge in [0.25, 0.3) is 0 Å². The molecule has 1 aliphatic rings. The first-order valence-corrected chi connectivity index (χ1v) is 5.64. The lowest BCUT2D eigenvalue weighted by Gasteiger charge is -2.33. The van der Waals surface area contributed by atoms with Gasteiger partial charge in [0.2, 0.25) is 5.91 Å². The first-order valence-electron chi connectivity index (χ1n) is 5.64. The maximum absolute atomic E-state index is 12.1. The molecule has 15 heavy (non-hydrogen) atoms. The third kappa shape index (κ3) is 1.65. The summed E-state index contributed by atoms with van der Waals surface area (Å²) in [5.74, 6) is 0.416. The molecule has 0 radical (unpaired) electrons. The van der Waals surface area contributed by atoms with E-state index in [1.807, 2.05) is 30.9 Å². The van der Waals surface area contributed by atoms with Crippen molar-refractivity contribution in [1.82, 2.24) is 4.90 Å². The summed E-state index contributed by atoms with van der Waals surface area (Å²) >= 11 is 0. The highest BCUT2D eigenvalue weighted by Crippen LogP contribution is 2.35. The molecule has 0 saturated carbocycles. The Bertz CT molecular complexity index is 369. The van der Waals surface area contributed by atoms with Crippen LogP contribution in [0.3, 0.4) is 0 Å². The Labute approximate surface area is 90.9 Å². The van der Waals surface area contributed by atoms with Gasteiger partial charge in [0, 0.05) is 13.1 Å². The van der Waals surface area contributed by atoms with Gasteiger partial charge in [-0.15, -0.1) is 0 Å². The van der Waals surface area contributed by atoms with Gasteiger partial charge in [-0.2, -0.15) is 0 Å². The smallest absolute Gasteiger partial charge is 0.230 e. The summed E-state index contributed by atoms with van der Waals surface area (Å²) in [6, 6.07) is 8.24. The molecule has 0 aromatic heterocycles. The van der Waals surface area contributed by atoms with Crippen molar-refractivity contribution >= 4 is 5.91 Å². The van der Waals surface area contributed by atoms with E-state index in [1.54, 1.807) is 0 Å². The molecule has 0 heterocycles. The highest BCUT2D eigenvalue weighted by atomic mass is 16.2. The number of benzene rings is 1. The fourth-order valence-corrected chi connectivity index (χ4v) is 2.23. The maximum atomic E-state index is 12.1. The molecule has 0 fully saturated rings. The van der Waals surface area contributed by atoms with Crippen LogP contribution in [0.2, 0.25) is 0 Å². The number of hydrogen-bond donors (Lipinski definition) is 0. The summed E-state index contributed by atoms with van der Waals surface area (Å²) in [5.41, 5.74) is 2.57. The van der Waals surface area contributed by atoms with E-state index in [0.29, 0.717) is 5.91 Å². The summed E-state index contributed by atoms with van der Waals surface area (Å²) in [6.07, 6.45) is 0.922. The van der Waals surface area contributed by atoms with Crippen molar-refractivity contribution < 1.29 is 4.79 Å². The van der Waals surface area contributed by atoms with E-state index in [2.05, 4.69) is 12.1 Å². The normalized spacial score (nSPS) is 17.9. The fourth-order valence-electron chi connectivity index (χ4n) is 2.23. The molecule has 1 aliphatic carbocycles. The van der Waals surface area contributed by atoms with Gasteiger partial charge in [-0.05, 0) is 31.4 Å². The number of hydrogen-bond acceptors (Lipinski definition) is 1. The zero-order valence-electron chi connectivity index (χ0n) is 9.36. The minimum atomic E-state index is 0.126. The molecule has 0 bridgehead atoms. The fraction of sp³-hybridized carbons (Fsp3) is 0.462. The Morgan fingerprint density at radius 2 is 2.00 bits per heavy atom. The van der Waals surface area contributed by atoms with E-state index < -0.39 is 0 Å². The van der Waals surface area contributed by atoms with Crippen LogP contribution in [0.1, 0.15) is 30.9 Å². The molecular weight excluding hydrogens is 186 g/mol. The molecule has 2 rings (SSSR count). The minimum Gasteiger partial charge on any atom is -0.343 e. The number of carbonyl (C=O) groups is 1. The summed E-state index contributed by atoms with van der Waals surface area (Å²) in [7, 11) is 0. The van der Waals surface area contributed by atoms with Gasteiger partial charge in [-0.1, -0.05) is 24.3 Å². The Hall–Kier alpha value is -1.31. The van der Waals surface area contributed by atoms with Crippen molar-refractivity contribution in [1.29, 1.82) is 0 Å². The molecule has 0 spiro atoms. The van der Waals surface area contributed by atoms with Crippen LogP contribution < -0.4 is 0 Å². The van der Waals surface area contributed by atoms with Gasteiger partial charge < -0.3 is 4.90 Å². The summed E-state index contributed by atoms with van der Waals surface area (Å²) in [6.45, 7) is 5.69. The van der Waals surface area contributed by atoms with E-state index in [1.165, 1.54) is 11.1 Å². The SMILES string of the molecule is CCN(CC)C(=O)C1Cc2ccccc21. The highest BCUT2D eigenvalue weighted by Gasteiger charge is 2.33. The Morgan fingerprint density at radius 3 is 2.60 bits per heavy atom. The van der Waals surface area contributed by atoms with Gasteiger partial charge in [0.15, 0.2) is 0 Å². The monoisotopic (exact) mass is 203 g/mol. The second kappa shape index (κ2) is 4.05. The van der Waals surface area contributed by atoms with Gasteiger partial charge in [-0.3, -0.25) is 4.79 Å². The Balaban J connectivity index is 2.13.